The highest BCUT2D eigenvalue weighted by Crippen LogP contribution is 2.24. The van der Waals surface area contributed by atoms with Crippen LogP contribution in [0, 0.1) is 0 Å². The van der Waals surface area contributed by atoms with Gasteiger partial charge in [0.1, 0.15) is 5.15 Å². The number of carbonyl (C=O) groups is 1. The number of amides is 1. The molecule has 0 aliphatic carbocycles. The number of nitrogens with zero attached hydrogens (tertiary/aromatic N) is 2. The van der Waals surface area contributed by atoms with Crippen molar-refractivity contribution in [1.29, 1.82) is 0 Å². The molecule has 1 fully saturated rings. The fourth-order valence-electron chi connectivity index (χ4n) is 2.25. The van der Waals surface area contributed by atoms with Gasteiger partial charge in [-0.3, -0.25) is 4.79 Å². The molecule has 5 nitrogen and oxygen atoms in total. The van der Waals surface area contributed by atoms with Crippen molar-refractivity contribution in [2.24, 2.45) is 0 Å². The zero-order valence-corrected chi connectivity index (χ0v) is 11.7. The SMILES string of the molecule is CC1(O)CCCN(C(=O)c2cc(N)cnc2Cl)CC1. The van der Waals surface area contributed by atoms with E-state index in [0.29, 0.717) is 37.2 Å². The average molecular weight is 284 g/mol. The van der Waals surface area contributed by atoms with Crippen LogP contribution in [0.15, 0.2) is 12.3 Å². The van der Waals surface area contributed by atoms with Crippen molar-refractivity contribution in [3.63, 3.8) is 0 Å². The normalized spacial score (nSPS) is 24.1. The van der Waals surface area contributed by atoms with Gasteiger partial charge in [0, 0.05) is 13.1 Å². The van der Waals surface area contributed by atoms with Crippen molar-refractivity contribution in [3.05, 3.63) is 23.0 Å². The van der Waals surface area contributed by atoms with Gasteiger partial charge in [0.05, 0.1) is 23.0 Å². The predicted molar refractivity (Wildman–Crippen MR) is 74.0 cm³/mol. The molecule has 1 atom stereocenters. The van der Waals surface area contributed by atoms with E-state index >= 15 is 0 Å². The van der Waals surface area contributed by atoms with Crippen LogP contribution in [0.4, 0.5) is 5.69 Å². The van der Waals surface area contributed by atoms with Gasteiger partial charge in [-0.1, -0.05) is 11.6 Å². The number of halogens is 1. The summed E-state index contributed by atoms with van der Waals surface area (Å²) in [5.74, 6) is -0.178. The first-order valence-electron chi connectivity index (χ1n) is 6.32. The van der Waals surface area contributed by atoms with E-state index in [-0.39, 0.29) is 11.1 Å². The van der Waals surface area contributed by atoms with Crippen molar-refractivity contribution in [2.45, 2.75) is 31.8 Å². The number of rotatable bonds is 1. The van der Waals surface area contributed by atoms with Crippen molar-refractivity contribution in [2.75, 3.05) is 18.8 Å². The minimum atomic E-state index is -0.702. The standard InChI is InChI=1S/C13H18ClN3O2/c1-13(19)3-2-5-17(6-4-13)12(18)10-7-9(15)8-16-11(10)14/h7-8,19H,2-6,15H2,1H3. The first-order chi connectivity index (χ1) is 8.89. The lowest BCUT2D eigenvalue weighted by molar-refractivity contribution is 0.0438. The third kappa shape index (κ3) is 3.36. The first kappa shape index (κ1) is 14.1. The number of pyridine rings is 1. The molecule has 104 valence electrons. The van der Waals surface area contributed by atoms with Crippen LogP contribution in [0.3, 0.4) is 0 Å². The summed E-state index contributed by atoms with van der Waals surface area (Å²) in [5, 5.41) is 10.2. The maximum Gasteiger partial charge on any atom is 0.257 e. The molecule has 1 aromatic heterocycles. The van der Waals surface area contributed by atoms with E-state index in [2.05, 4.69) is 4.98 Å². The Morgan fingerprint density at radius 1 is 1.53 bits per heavy atom. The van der Waals surface area contributed by atoms with E-state index in [4.69, 9.17) is 17.3 Å². The second kappa shape index (κ2) is 5.35. The van der Waals surface area contributed by atoms with Crippen LogP contribution in [0.1, 0.15) is 36.5 Å². The number of likely N-dealkylation sites (tertiary alicyclic amines) is 1. The number of anilines is 1. The second-order valence-corrected chi connectivity index (χ2v) is 5.61. The lowest BCUT2D eigenvalue weighted by Crippen LogP contribution is -2.33. The lowest BCUT2D eigenvalue weighted by Gasteiger charge is -2.22. The van der Waals surface area contributed by atoms with Gasteiger partial charge in [0.25, 0.3) is 5.91 Å². The molecular formula is C13H18ClN3O2. The van der Waals surface area contributed by atoms with Gasteiger partial charge in [0.15, 0.2) is 0 Å². The summed E-state index contributed by atoms with van der Waals surface area (Å²) in [6.45, 7) is 2.92. The van der Waals surface area contributed by atoms with Crippen molar-refractivity contribution in [3.8, 4) is 0 Å². The van der Waals surface area contributed by atoms with Crippen LogP contribution in [0.2, 0.25) is 5.15 Å². The van der Waals surface area contributed by atoms with Gasteiger partial charge >= 0.3 is 0 Å². The summed E-state index contributed by atoms with van der Waals surface area (Å²) in [4.78, 5) is 18.0. The fourth-order valence-corrected chi connectivity index (χ4v) is 2.44. The summed E-state index contributed by atoms with van der Waals surface area (Å²) in [6.07, 6.45) is 3.45. The van der Waals surface area contributed by atoms with Gasteiger partial charge in [0.2, 0.25) is 0 Å². The van der Waals surface area contributed by atoms with Gasteiger partial charge in [-0.2, -0.15) is 0 Å². The number of nitrogens with two attached hydrogens (primary N) is 1. The molecule has 0 spiro atoms. The molecule has 0 radical (unpaired) electrons. The average Bonchev–Trinajstić information content (AvgIpc) is 2.52. The van der Waals surface area contributed by atoms with Crippen LogP contribution in [-0.2, 0) is 0 Å². The number of aliphatic hydroxyl groups is 1. The van der Waals surface area contributed by atoms with Crippen molar-refractivity contribution >= 4 is 23.2 Å². The van der Waals surface area contributed by atoms with Gasteiger partial charge in [-0.15, -0.1) is 0 Å². The van der Waals surface area contributed by atoms with E-state index in [1.165, 1.54) is 6.20 Å². The molecule has 2 heterocycles. The van der Waals surface area contributed by atoms with E-state index in [1.54, 1.807) is 17.9 Å². The molecule has 1 aliphatic heterocycles. The molecule has 3 N–H and O–H groups in total. The Bertz CT molecular complexity index is 491. The summed E-state index contributed by atoms with van der Waals surface area (Å²) < 4.78 is 0. The summed E-state index contributed by atoms with van der Waals surface area (Å²) in [7, 11) is 0. The Hall–Kier alpha value is -1.33. The third-order valence-electron chi connectivity index (χ3n) is 3.44. The number of hydrogen-bond donors (Lipinski definition) is 2. The van der Waals surface area contributed by atoms with Crippen LogP contribution < -0.4 is 5.73 Å². The van der Waals surface area contributed by atoms with Gasteiger partial charge in [-0.05, 0) is 32.3 Å². The Morgan fingerprint density at radius 2 is 2.26 bits per heavy atom. The van der Waals surface area contributed by atoms with Crippen LogP contribution in [0.25, 0.3) is 0 Å². The Labute approximate surface area is 117 Å². The molecule has 1 amide bonds. The Morgan fingerprint density at radius 3 is 3.00 bits per heavy atom. The first-order valence-corrected chi connectivity index (χ1v) is 6.69. The number of carbonyl (C=O) groups excluding carboxylic acids is 1. The topological polar surface area (TPSA) is 79.5 Å². The lowest BCUT2D eigenvalue weighted by atomic mass is 9.98. The molecule has 1 aromatic rings. The molecule has 0 bridgehead atoms. The van der Waals surface area contributed by atoms with E-state index in [1.807, 2.05) is 0 Å². The smallest absolute Gasteiger partial charge is 0.257 e. The third-order valence-corrected chi connectivity index (χ3v) is 3.74. The molecular weight excluding hydrogens is 266 g/mol. The molecule has 6 heteroatoms. The van der Waals surface area contributed by atoms with Gasteiger partial charge in [-0.25, -0.2) is 4.98 Å². The summed E-state index contributed by atoms with van der Waals surface area (Å²) >= 11 is 5.94. The van der Waals surface area contributed by atoms with Crippen molar-refractivity contribution in [1.82, 2.24) is 9.88 Å². The van der Waals surface area contributed by atoms with Gasteiger partial charge < -0.3 is 15.7 Å². The monoisotopic (exact) mass is 283 g/mol. The quantitative estimate of drug-likeness (QED) is 0.769. The highest BCUT2D eigenvalue weighted by molar-refractivity contribution is 6.32. The Kier molecular flexibility index (Phi) is 3.96. The molecule has 2 rings (SSSR count). The zero-order valence-electron chi connectivity index (χ0n) is 10.9. The number of hydrogen-bond acceptors (Lipinski definition) is 4. The molecule has 0 saturated carbocycles. The van der Waals surface area contributed by atoms with Crippen LogP contribution in [0.5, 0.6) is 0 Å². The second-order valence-electron chi connectivity index (χ2n) is 5.25. The van der Waals surface area contributed by atoms with Crippen LogP contribution >= 0.6 is 11.6 Å². The van der Waals surface area contributed by atoms with E-state index < -0.39 is 5.60 Å². The minimum Gasteiger partial charge on any atom is -0.397 e. The highest BCUT2D eigenvalue weighted by Gasteiger charge is 2.28. The van der Waals surface area contributed by atoms with E-state index in [0.717, 1.165) is 6.42 Å². The fraction of sp³-hybridized carbons (Fsp3) is 0.538. The molecule has 0 aromatic carbocycles. The Balaban J connectivity index is 2.17. The largest absolute Gasteiger partial charge is 0.397 e. The summed E-state index contributed by atoms with van der Waals surface area (Å²) in [6, 6.07) is 1.54. The number of aromatic nitrogens is 1. The molecule has 1 unspecified atom stereocenters. The molecule has 1 aliphatic rings. The van der Waals surface area contributed by atoms with Crippen LogP contribution in [-0.4, -0.2) is 39.6 Å². The van der Waals surface area contributed by atoms with E-state index in [9.17, 15) is 9.90 Å². The predicted octanol–water partition coefficient (Wildman–Crippen LogP) is 1.69. The maximum atomic E-state index is 12.4. The molecule has 1 saturated heterocycles. The van der Waals surface area contributed by atoms with Crippen molar-refractivity contribution < 1.29 is 9.90 Å². The molecule has 19 heavy (non-hydrogen) atoms. The zero-order chi connectivity index (χ0) is 14.0. The summed E-state index contributed by atoms with van der Waals surface area (Å²) in [5.41, 5.74) is 5.67. The minimum absolute atomic E-state index is 0.162. The maximum absolute atomic E-state index is 12.4. The number of nitrogen functional groups attached to an aromatic ring is 1. The highest BCUT2D eigenvalue weighted by atomic mass is 35.5.